The van der Waals surface area contributed by atoms with Crippen molar-refractivity contribution in [3.8, 4) is 0 Å². The van der Waals surface area contributed by atoms with Crippen LogP contribution in [0.2, 0.25) is 0 Å². The Morgan fingerprint density at radius 3 is 2.71 bits per heavy atom. The summed E-state index contributed by atoms with van der Waals surface area (Å²) in [6, 6.07) is 5.14. The first-order valence-corrected chi connectivity index (χ1v) is 6.84. The van der Waals surface area contributed by atoms with Crippen molar-refractivity contribution in [2.75, 3.05) is 25.1 Å². The van der Waals surface area contributed by atoms with E-state index < -0.39 is 0 Å². The summed E-state index contributed by atoms with van der Waals surface area (Å²) in [7, 11) is 1.95. The second-order valence-corrected chi connectivity index (χ2v) is 4.77. The fourth-order valence-electron chi connectivity index (χ4n) is 1.58. The predicted octanol–water partition coefficient (Wildman–Crippen LogP) is 3.58. The van der Waals surface area contributed by atoms with Gasteiger partial charge in [-0.25, -0.2) is 4.39 Å². The Kier molecular flexibility index (Phi) is 5.92. The van der Waals surface area contributed by atoms with Gasteiger partial charge in [-0.2, -0.15) is 0 Å². The van der Waals surface area contributed by atoms with Gasteiger partial charge in [0.1, 0.15) is 5.82 Å². The molecule has 0 amide bonds. The molecule has 0 aliphatic heterocycles. The number of likely N-dealkylation sites (N-methyl/N-ethyl adjacent to an activating group) is 1. The zero-order valence-corrected chi connectivity index (χ0v) is 12.1. The van der Waals surface area contributed by atoms with Gasteiger partial charge in [0.2, 0.25) is 0 Å². The molecule has 0 N–H and O–H groups in total. The summed E-state index contributed by atoms with van der Waals surface area (Å²) >= 11 is 3.32. The quantitative estimate of drug-likeness (QED) is 0.745. The molecule has 0 spiro atoms. The van der Waals surface area contributed by atoms with Crippen LogP contribution in [0.1, 0.15) is 19.4 Å². The van der Waals surface area contributed by atoms with E-state index in [1.165, 1.54) is 6.07 Å². The molecule has 0 unspecified atom stereocenters. The van der Waals surface area contributed by atoms with Gasteiger partial charge in [-0.1, -0.05) is 22.0 Å². The van der Waals surface area contributed by atoms with Crippen molar-refractivity contribution in [1.29, 1.82) is 0 Å². The molecule has 0 aromatic heterocycles. The molecule has 0 aliphatic carbocycles. The van der Waals surface area contributed by atoms with Crippen molar-refractivity contribution in [3.63, 3.8) is 0 Å². The molecule has 0 aliphatic rings. The van der Waals surface area contributed by atoms with Gasteiger partial charge < -0.3 is 9.64 Å². The van der Waals surface area contributed by atoms with E-state index in [9.17, 15) is 4.39 Å². The number of rotatable bonds is 6. The van der Waals surface area contributed by atoms with Crippen LogP contribution in [-0.2, 0) is 10.1 Å². The number of nitrogens with zero attached hydrogens (tertiary/aromatic N) is 1. The number of halogens is 2. The zero-order chi connectivity index (χ0) is 12.8. The first-order valence-electron chi connectivity index (χ1n) is 5.72. The van der Waals surface area contributed by atoms with Gasteiger partial charge in [-0.15, -0.1) is 0 Å². The smallest absolute Gasteiger partial charge is 0.129 e. The Morgan fingerprint density at radius 2 is 2.12 bits per heavy atom. The Bertz CT molecular complexity index is 357. The summed E-state index contributed by atoms with van der Waals surface area (Å²) in [5, 5.41) is 0.518. The van der Waals surface area contributed by atoms with E-state index in [0.29, 0.717) is 17.5 Å². The molecule has 0 fully saturated rings. The molecule has 0 radical (unpaired) electrons. The summed E-state index contributed by atoms with van der Waals surface area (Å²) in [6.07, 6.45) is 0.228. The predicted molar refractivity (Wildman–Crippen MR) is 73.4 cm³/mol. The number of benzene rings is 1. The highest BCUT2D eigenvalue weighted by atomic mass is 79.9. The zero-order valence-electron chi connectivity index (χ0n) is 10.5. The molecule has 1 aromatic carbocycles. The highest BCUT2D eigenvalue weighted by Gasteiger charge is 2.10. The van der Waals surface area contributed by atoms with E-state index in [1.54, 1.807) is 6.07 Å². The molecule has 96 valence electrons. The van der Waals surface area contributed by atoms with Crippen LogP contribution in [-0.4, -0.2) is 26.3 Å². The van der Waals surface area contributed by atoms with E-state index >= 15 is 0 Å². The fraction of sp³-hybridized carbons (Fsp3) is 0.538. The summed E-state index contributed by atoms with van der Waals surface area (Å²) < 4.78 is 19.1. The van der Waals surface area contributed by atoms with Crippen molar-refractivity contribution in [2.45, 2.75) is 25.3 Å². The van der Waals surface area contributed by atoms with Gasteiger partial charge in [0.15, 0.2) is 0 Å². The SMILES string of the molecule is CC(C)OCCN(C)c1cccc(F)c1CBr. The third-order valence-electron chi connectivity index (χ3n) is 2.52. The molecule has 0 saturated carbocycles. The van der Waals surface area contributed by atoms with Crippen molar-refractivity contribution in [2.24, 2.45) is 0 Å². The maximum Gasteiger partial charge on any atom is 0.129 e. The second-order valence-electron chi connectivity index (χ2n) is 4.21. The summed E-state index contributed by atoms with van der Waals surface area (Å²) in [4.78, 5) is 2.02. The highest BCUT2D eigenvalue weighted by molar-refractivity contribution is 9.08. The first kappa shape index (κ1) is 14.5. The van der Waals surface area contributed by atoms with Gasteiger partial charge >= 0.3 is 0 Å². The number of hydrogen-bond acceptors (Lipinski definition) is 2. The Morgan fingerprint density at radius 1 is 1.41 bits per heavy atom. The molecular formula is C13H19BrFNO. The minimum atomic E-state index is -0.170. The summed E-state index contributed by atoms with van der Waals surface area (Å²) in [6.45, 7) is 5.41. The number of hydrogen-bond donors (Lipinski definition) is 0. The van der Waals surface area contributed by atoms with Gasteiger partial charge in [0.25, 0.3) is 0 Å². The van der Waals surface area contributed by atoms with Crippen LogP contribution in [0.15, 0.2) is 18.2 Å². The average Bonchev–Trinajstić information content (AvgIpc) is 2.28. The normalized spacial score (nSPS) is 10.9. The second kappa shape index (κ2) is 6.97. The minimum absolute atomic E-state index is 0.170. The molecule has 2 nitrogen and oxygen atoms in total. The fourth-order valence-corrected chi connectivity index (χ4v) is 2.14. The van der Waals surface area contributed by atoms with E-state index in [1.807, 2.05) is 31.9 Å². The molecule has 0 heterocycles. The van der Waals surface area contributed by atoms with Crippen LogP contribution in [0.4, 0.5) is 10.1 Å². The third kappa shape index (κ3) is 4.28. The summed E-state index contributed by atoms with van der Waals surface area (Å²) in [5.41, 5.74) is 1.61. The lowest BCUT2D eigenvalue weighted by Crippen LogP contribution is -2.25. The van der Waals surface area contributed by atoms with Gasteiger partial charge in [0, 0.05) is 30.2 Å². The summed E-state index contributed by atoms with van der Waals surface area (Å²) in [5.74, 6) is -0.170. The molecule has 0 saturated heterocycles. The first-order chi connectivity index (χ1) is 8.06. The largest absolute Gasteiger partial charge is 0.377 e. The van der Waals surface area contributed by atoms with Crippen LogP contribution < -0.4 is 4.90 Å². The Balaban J connectivity index is 2.68. The van der Waals surface area contributed by atoms with Gasteiger partial charge in [0.05, 0.1) is 12.7 Å². The minimum Gasteiger partial charge on any atom is -0.377 e. The molecule has 0 atom stereocenters. The number of anilines is 1. The average molecular weight is 304 g/mol. The Hall–Kier alpha value is -0.610. The van der Waals surface area contributed by atoms with Crippen molar-refractivity contribution < 1.29 is 9.13 Å². The lowest BCUT2D eigenvalue weighted by molar-refractivity contribution is 0.0846. The third-order valence-corrected chi connectivity index (χ3v) is 3.08. The van der Waals surface area contributed by atoms with Gasteiger partial charge in [-0.05, 0) is 26.0 Å². The van der Waals surface area contributed by atoms with Crippen LogP contribution in [0.25, 0.3) is 0 Å². The molecule has 4 heteroatoms. The maximum absolute atomic E-state index is 13.6. The molecular weight excluding hydrogens is 285 g/mol. The van der Waals surface area contributed by atoms with Crippen molar-refractivity contribution in [3.05, 3.63) is 29.6 Å². The van der Waals surface area contributed by atoms with E-state index in [2.05, 4.69) is 15.9 Å². The molecule has 1 rings (SSSR count). The van der Waals surface area contributed by atoms with Crippen LogP contribution in [0.3, 0.4) is 0 Å². The van der Waals surface area contributed by atoms with Gasteiger partial charge in [-0.3, -0.25) is 0 Å². The lowest BCUT2D eigenvalue weighted by atomic mass is 10.2. The van der Waals surface area contributed by atoms with Crippen LogP contribution in [0, 0.1) is 5.82 Å². The maximum atomic E-state index is 13.6. The number of ether oxygens (including phenoxy) is 1. The van der Waals surface area contributed by atoms with Crippen molar-refractivity contribution >= 4 is 21.6 Å². The topological polar surface area (TPSA) is 12.5 Å². The molecule has 0 bridgehead atoms. The van der Waals surface area contributed by atoms with Crippen LogP contribution >= 0.6 is 15.9 Å². The number of alkyl halides is 1. The van der Waals surface area contributed by atoms with E-state index in [4.69, 9.17) is 4.74 Å². The van der Waals surface area contributed by atoms with E-state index in [-0.39, 0.29) is 11.9 Å². The standard InChI is InChI=1S/C13H19BrFNO/c1-10(2)17-8-7-16(3)13-6-4-5-12(15)11(13)9-14/h4-6,10H,7-9H2,1-3H3. The van der Waals surface area contributed by atoms with Crippen molar-refractivity contribution in [1.82, 2.24) is 0 Å². The highest BCUT2D eigenvalue weighted by Crippen LogP contribution is 2.24. The lowest BCUT2D eigenvalue weighted by Gasteiger charge is -2.22. The van der Waals surface area contributed by atoms with E-state index in [0.717, 1.165) is 12.2 Å². The molecule has 17 heavy (non-hydrogen) atoms. The van der Waals surface area contributed by atoms with Crippen LogP contribution in [0.5, 0.6) is 0 Å². The monoisotopic (exact) mass is 303 g/mol. The molecule has 1 aromatic rings. The Labute approximate surface area is 111 Å².